The molecule has 1 aromatic heterocycles. The second-order valence-electron chi connectivity index (χ2n) is 5.27. The molecule has 0 aliphatic heterocycles. The number of carbonyl (C=O) groups is 1. The summed E-state index contributed by atoms with van der Waals surface area (Å²) in [5, 5.41) is 9.18. The van der Waals surface area contributed by atoms with Crippen molar-refractivity contribution in [2.75, 3.05) is 5.73 Å². The largest absolute Gasteiger partial charge is 0.418 e. The Labute approximate surface area is 145 Å². The summed E-state index contributed by atoms with van der Waals surface area (Å²) in [6, 6.07) is 12.4. The third-order valence-electron chi connectivity index (χ3n) is 3.48. The van der Waals surface area contributed by atoms with E-state index in [-0.39, 0.29) is 17.8 Å². The minimum atomic E-state index is -4.55. The van der Waals surface area contributed by atoms with Gasteiger partial charge in [-0.05, 0) is 12.1 Å². The third-order valence-corrected chi connectivity index (χ3v) is 4.45. The highest BCUT2D eigenvalue weighted by Crippen LogP contribution is 2.34. The van der Waals surface area contributed by atoms with Crippen LogP contribution < -0.4 is 5.73 Å². The van der Waals surface area contributed by atoms with Crippen LogP contribution in [0.2, 0.25) is 0 Å². The average Bonchev–Trinajstić information content (AvgIpc) is 3.03. The van der Waals surface area contributed by atoms with E-state index >= 15 is 0 Å². The van der Waals surface area contributed by atoms with Crippen molar-refractivity contribution in [3.63, 3.8) is 0 Å². The molecule has 25 heavy (non-hydrogen) atoms. The number of carbonyl (C=O) groups excluding carboxylic acids is 1. The summed E-state index contributed by atoms with van der Waals surface area (Å²) in [7, 11) is 0. The van der Waals surface area contributed by atoms with Gasteiger partial charge in [0.2, 0.25) is 0 Å². The van der Waals surface area contributed by atoms with Crippen LogP contribution >= 0.6 is 11.3 Å². The lowest BCUT2D eigenvalue weighted by Crippen LogP contribution is -2.11. The normalized spacial score (nSPS) is 11.5. The quantitative estimate of drug-likeness (QED) is 0.556. The van der Waals surface area contributed by atoms with E-state index in [1.165, 1.54) is 11.3 Å². The predicted octanol–water partition coefficient (Wildman–Crippen LogP) is 4.23. The Morgan fingerprint density at radius 1 is 1.08 bits per heavy atom. The van der Waals surface area contributed by atoms with Crippen molar-refractivity contribution in [2.45, 2.75) is 12.6 Å². The van der Waals surface area contributed by atoms with E-state index in [1.807, 2.05) is 30.3 Å². The maximum atomic E-state index is 12.7. The van der Waals surface area contributed by atoms with Crippen LogP contribution in [0.4, 0.5) is 18.9 Å². The van der Waals surface area contributed by atoms with Gasteiger partial charge in [-0.25, -0.2) is 0 Å². The molecule has 2 N–H and O–H groups in total. The number of anilines is 1. The number of rotatable bonds is 4. The summed E-state index contributed by atoms with van der Waals surface area (Å²) in [6.45, 7) is 0. The molecule has 128 valence electrons. The van der Waals surface area contributed by atoms with Crippen molar-refractivity contribution in [3.8, 4) is 10.6 Å². The summed E-state index contributed by atoms with van der Waals surface area (Å²) in [6.07, 6.45) is -4.59. The van der Waals surface area contributed by atoms with Crippen molar-refractivity contribution < 1.29 is 18.0 Å². The van der Waals surface area contributed by atoms with E-state index in [2.05, 4.69) is 10.2 Å². The van der Waals surface area contributed by atoms with Crippen molar-refractivity contribution in [1.82, 2.24) is 10.2 Å². The van der Waals surface area contributed by atoms with E-state index in [1.54, 1.807) is 0 Å². The summed E-state index contributed by atoms with van der Waals surface area (Å²) < 4.78 is 38.1. The van der Waals surface area contributed by atoms with Crippen LogP contribution in [-0.4, -0.2) is 16.0 Å². The Hall–Kier alpha value is -2.74. The van der Waals surface area contributed by atoms with Gasteiger partial charge >= 0.3 is 6.18 Å². The number of benzene rings is 2. The van der Waals surface area contributed by atoms with E-state index in [9.17, 15) is 18.0 Å². The van der Waals surface area contributed by atoms with Crippen LogP contribution in [0.15, 0.2) is 48.5 Å². The topological polar surface area (TPSA) is 68.9 Å². The lowest BCUT2D eigenvalue weighted by atomic mass is 10.0. The molecule has 0 aliphatic rings. The maximum absolute atomic E-state index is 12.7. The molecule has 8 heteroatoms. The van der Waals surface area contributed by atoms with Crippen LogP contribution in [0.1, 0.15) is 20.9 Å². The van der Waals surface area contributed by atoms with Crippen LogP contribution in [0.5, 0.6) is 0 Å². The second-order valence-corrected chi connectivity index (χ2v) is 6.33. The summed E-state index contributed by atoms with van der Waals surface area (Å²) in [5.41, 5.74) is 5.00. The Kier molecular flexibility index (Phi) is 4.54. The lowest BCUT2D eigenvalue weighted by Gasteiger charge is -2.10. The van der Waals surface area contributed by atoms with Gasteiger partial charge in [-0.1, -0.05) is 47.7 Å². The van der Waals surface area contributed by atoms with Gasteiger partial charge in [-0.15, -0.1) is 10.2 Å². The van der Waals surface area contributed by atoms with E-state index in [0.717, 1.165) is 23.8 Å². The fourth-order valence-corrected chi connectivity index (χ4v) is 3.10. The van der Waals surface area contributed by atoms with Gasteiger partial charge in [0.1, 0.15) is 10.0 Å². The molecule has 0 radical (unpaired) electrons. The molecule has 0 fully saturated rings. The molecule has 3 aromatic rings. The molecule has 0 atom stereocenters. The number of ketones is 1. The number of Topliss-reactive ketones (excluding diaryl/α,β-unsaturated/α-hetero) is 1. The van der Waals surface area contributed by atoms with Crippen LogP contribution in [0, 0.1) is 0 Å². The standard InChI is InChI=1S/C17H12F3N3OS/c18-17(19,20)12-7-6-11(8-13(12)21)14(24)9-15-22-23-16(25-15)10-4-2-1-3-5-10/h1-8H,9,21H2. The molecular formula is C17H12F3N3OS. The van der Waals surface area contributed by atoms with Gasteiger partial charge in [-0.3, -0.25) is 4.79 Å². The number of nitrogen functional groups attached to an aromatic ring is 1. The van der Waals surface area contributed by atoms with Crippen LogP contribution in [0.3, 0.4) is 0 Å². The molecule has 0 aliphatic carbocycles. The first kappa shape index (κ1) is 17.1. The van der Waals surface area contributed by atoms with Crippen molar-refractivity contribution >= 4 is 22.8 Å². The van der Waals surface area contributed by atoms with Crippen LogP contribution in [0.25, 0.3) is 10.6 Å². The molecule has 0 bridgehead atoms. The zero-order chi connectivity index (χ0) is 18.0. The first-order chi connectivity index (χ1) is 11.8. The minimum absolute atomic E-state index is 0.0463. The molecular weight excluding hydrogens is 351 g/mol. The fraction of sp³-hybridized carbons (Fsp3) is 0.118. The number of hydrogen-bond acceptors (Lipinski definition) is 5. The first-order valence-corrected chi connectivity index (χ1v) is 8.04. The number of nitrogens with two attached hydrogens (primary N) is 1. The monoisotopic (exact) mass is 363 g/mol. The number of halogens is 3. The Morgan fingerprint density at radius 3 is 2.44 bits per heavy atom. The van der Waals surface area contributed by atoms with E-state index in [4.69, 9.17) is 5.73 Å². The van der Waals surface area contributed by atoms with E-state index < -0.39 is 17.4 Å². The number of aromatic nitrogens is 2. The molecule has 0 unspecified atom stereocenters. The Morgan fingerprint density at radius 2 is 1.80 bits per heavy atom. The van der Waals surface area contributed by atoms with Gasteiger partial charge in [0, 0.05) is 16.8 Å². The molecule has 4 nitrogen and oxygen atoms in total. The number of alkyl halides is 3. The minimum Gasteiger partial charge on any atom is -0.398 e. The highest BCUT2D eigenvalue weighted by atomic mass is 32.1. The molecule has 0 saturated carbocycles. The molecule has 0 amide bonds. The molecule has 2 aromatic carbocycles. The summed E-state index contributed by atoms with van der Waals surface area (Å²) >= 11 is 1.27. The van der Waals surface area contributed by atoms with Gasteiger partial charge in [0.15, 0.2) is 5.78 Å². The van der Waals surface area contributed by atoms with Gasteiger partial charge in [0.05, 0.1) is 12.0 Å². The Balaban J connectivity index is 1.77. The number of nitrogens with zero attached hydrogens (tertiary/aromatic N) is 2. The Bertz CT molecular complexity index is 907. The van der Waals surface area contributed by atoms with Crippen LogP contribution in [-0.2, 0) is 12.6 Å². The lowest BCUT2D eigenvalue weighted by molar-refractivity contribution is -0.136. The zero-order valence-corrected chi connectivity index (χ0v) is 13.6. The highest BCUT2D eigenvalue weighted by molar-refractivity contribution is 7.14. The highest BCUT2D eigenvalue weighted by Gasteiger charge is 2.33. The SMILES string of the molecule is Nc1cc(C(=O)Cc2nnc(-c3ccccc3)s2)ccc1C(F)(F)F. The van der Waals surface area contributed by atoms with Gasteiger partial charge < -0.3 is 5.73 Å². The molecule has 3 rings (SSSR count). The van der Waals surface area contributed by atoms with Gasteiger partial charge in [-0.2, -0.15) is 13.2 Å². The predicted molar refractivity (Wildman–Crippen MR) is 89.2 cm³/mol. The van der Waals surface area contributed by atoms with Crippen molar-refractivity contribution in [2.24, 2.45) is 0 Å². The zero-order valence-electron chi connectivity index (χ0n) is 12.7. The smallest absolute Gasteiger partial charge is 0.398 e. The summed E-state index contributed by atoms with van der Waals surface area (Å²) in [4.78, 5) is 12.3. The first-order valence-electron chi connectivity index (χ1n) is 7.22. The van der Waals surface area contributed by atoms with E-state index in [0.29, 0.717) is 10.0 Å². The molecule has 1 heterocycles. The van der Waals surface area contributed by atoms with Gasteiger partial charge in [0.25, 0.3) is 0 Å². The second kappa shape index (κ2) is 6.64. The number of hydrogen-bond donors (Lipinski definition) is 1. The average molecular weight is 363 g/mol. The molecule has 0 saturated heterocycles. The third kappa shape index (κ3) is 3.85. The molecule has 0 spiro atoms. The maximum Gasteiger partial charge on any atom is 0.418 e. The fourth-order valence-electron chi connectivity index (χ4n) is 2.26. The van der Waals surface area contributed by atoms with Crippen molar-refractivity contribution in [3.05, 3.63) is 64.7 Å². The summed E-state index contributed by atoms with van der Waals surface area (Å²) in [5.74, 6) is -0.365. The van der Waals surface area contributed by atoms with Crippen molar-refractivity contribution in [1.29, 1.82) is 0 Å².